The molecule has 23 heavy (non-hydrogen) atoms. The standard InChI is InChI=1S/C19H24N2OS/c1-3-15-4-6-16(7-5-15)14(2)20-19(22)13-21-10-8-18-17(12-21)9-11-23-18/h4-7,9,11,14H,3,8,10,12-13H2,1-2H3,(H,20,22)/t14-/m0/s1. The summed E-state index contributed by atoms with van der Waals surface area (Å²) in [7, 11) is 0. The highest BCUT2D eigenvalue weighted by Gasteiger charge is 2.20. The lowest BCUT2D eigenvalue weighted by atomic mass is 10.0. The van der Waals surface area contributed by atoms with Gasteiger partial charge in [0.15, 0.2) is 0 Å². The summed E-state index contributed by atoms with van der Waals surface area (Å²) in [6, 6.07) is 10.7. The Labute approximate surface area is 142 Å². The van der Waals surface area contributed by atoms with E-state index in [1.165, 1.54) is 16.0 Å². The Morgan fingerprint density at radius 3 is 2.83 bits per heavy atom. The molecule has 1 N–H and O–H groups in total. The van der Waals surface area contributed by atoms with Crippen LogP contribution in [-0.4, -0.2) is 23.9 Å². The molecule has 1 aliphatic heterocycles. The first kappa shape index (κ1) is 16.2. The van der Waals surface area contributed by atoms with Gasteiger partial charge in [-0.3, -0.25) is 9.69 Å². The molecule has 2 aromatic rings. The van der Waals surface area contributed by atoms with Gasteiger partial charge in [-0.05, 0) is 47.9 Å². The minimum atomic E-state index is 0.0508. The molecule has 1 amide bonds. The van der Waals surface area contributed by atoms with E-state index < -0.39 is 0 Å². The van der Waals surface area contributed by atoms with Crippen molar-refractivity contribution in [2.45, 2.75) is 39.3 Å². The third kappa shape index (κ3) is 4.01. The molecule has 2 heterocycles. The topological polar surface area (TPSA) is 32.3 Å². The average molecular weight is 328 g/mol. The van der Waals surface area contributed by atoms with Gasteiger partial charge >= 0.3 is 0 Å². The number of amides is 1. The SMILES string of the molecule is CCc1ccc([C@H](C)NC(=O)CN2CCc3sccc3C2)cc1. The lowest BCUT2D eigenvalue weighted by Crippen LogP contribution is -2.40. The van der Waals surface area contributed by atoms with Crippen LogP contribution in [0.4, 0.5) is 0 Å². The zero-order valence-electron chi connectivity index (χ0n) is 13.8. The molecule has 0 spiro atoms. The lowest BCUT2D eigenvalue weighted by Gasteiger charge is -2.26. The van der Waals surface area contributed by atoms with Crippen molar-refractivity contribution in [3.05, 3.63) is 57.3 Å². The normalized spacial score (nSPS) is 15.9. The van der Waals surface area contributed by atoms with Crippen molar-refractivity contribution in [1.29, 1.82) is 0 Å². The number of nitrogens with one attached hydrogen (secondary N) is 1. The number of thiophene rings is 1. The predicted octanol–water partition coefficient (Wildman–Crippen LogP) is 3.55. The van der Waals surface area contributed by atoms with E-state index in [9.17, 15) is 4.79 Å². The summed E-state index contributed by atoms with van der Waals surface area (Å²) in [5.74, 6) is 0.107. The number of fused-ring (bicyclic) bond motifs is 1. The second-order valence-corrected chi connectivity index (χ2v) is 7.21. The van der Waals surface area contributed by atoms with E-state index in [1.807, 2.05) is 18.3 Å². The van der Waals surface area contributed by atoms with Crippen LogP contribution in [0.5, 0.6) is 0 Å². The van der Waals surface area contributed by atoms with Crippen molar-refractivity contribution >= 4 is 17.2 Å². The Morgan fingerprint density at radius 1 is 1.30 bits per heavy atom. The van der Waals surface area contributed by atoms with E-state index in [-0.39, 0.29) is 11.9 Å². The highest BCUT2D eigenvalue weighted by atomic mass is 32.1. The summed E-state index contributed by atoms with van der Waals surface area (Å²) in [6.45, 7) is 6.54. The molecular formula is C19H24N2OS. The van der Waals surface area contributed by atoms with Crippen molar-refractivity contribution in [3.63, 3.8) is 0 Å². The highest BCUT2D eigenvalue weighted by Crippen LogP contribution is 2.23. The molecule has 0 saturated heterocycles. The van der Waals surface area contributed by atoms with Gasteiger partial charge in [0.1, 0.15) is 0 Å². The Kier molecular flexibility index (Phi) is 5.13. The maximum Gasteiger partial charge on any atom is 0.234 e. The molecular weight excluding hydrogens is 304 g/mol. The maximum atomic E-state index is 12.3. The monoisotopic (exact) mass is 328 g/mol. The minimum Gasteiger partial charge on any atom is -0.348 e. The first-order valence-electron chi connectivity index (χ1n) is 8.31. The van der Waals surface area contributed by atoms with Crippen LogP contribution in [0.25, 0.3) is 0 Å². The fourth-order valence-electron chi connectivity index (χ4n) is 3.06. The van der Waals surface area contributed by atoms with E-state index in [4.69, 9.17) is 0 Å². The number of carbonyl (C=O) groups excluding carboxylic acids is 1. The molecule has 3 nitrogen and oxygen atoms in total. The molecule has 1 aliphatic rings. The number of aryl methyl sites for hydroxylation is 1. The van der Waals surface area contributed by atoms with E-state index in [1.54, 1.807) is 0 Å². The molecule has 0 fully saturated rings. The quantitative estimate of drug-likeness (QED) is 0.910. The van der Waals surface area contributed by atoms with Gasteiger partial charge in [0.05, 0.1) is 12.6 Å². The van der Waals surface area contributed by atoms with E-state index >= 15 is 0 Å². The first-order valence-corrected chi connectivity index (χ1v) is 9.19. The second-order valence-electron chi connectivity index (χ2n) is 6.21. The summed E-state index contributed by atoms with van der Waals surface area (Å²) in [5, 5.41) is 5.27. The van der Waals surface area contributed by atoms with Crippen molar-refractivity contribution in [3.8, 4) is 0 Å². The van der Waals surface area contributed by atoms with Crippen molar-refractivity contribution in [2.24, 2.45) is 0 Å². The summed E-state index contributed by atoms with van der Waals surface area (Å²) in [5.41, 5.74) is 3.87. The van der Waals surface area contributed by atoms with Crippen LogP contribution in [0.3, 0.4) is 0 Å². The fraction of sp³-hybridized carbons (Fsp3) is 0.421. The molecule has 0 bridgehead atoms. The molecule has 1 aromatic carbocycles. The Hall–Kier alpha value is -1.65. The van der Waals surface area contributed by atoms with Crippen LogP contribution in [0, 0.1) is 0 Å². The molecule has 0 aliphatic carbocycles. The van der Waals surface area contributed by atoms with Gasteiger partial charge in [0, 0.05) is 18.0 Å². The van der Waals surface area contributed by atoms with Crippen LogP contribution in [-0.2, 0) is 24.2 Å². The molecule has 0 radical (unpaired) electrons. The zero-order valence-corrected chi connectivity index (χ0v) is 14.7. The highest BCUT2D eigenvalue weighted by molar-refractivity contribution is 7.10. The first-order chi connectivity index (χ1) is 11.2. The number of hydrogen-bond donors (Lipinski definition) is 1. The molecule has 1 aromatic heterocycles. The molecule has 122 valence electrons. The molecule has 0 unspecified atom stereocenters. The smallest absolute Gasteiger partial charge is 0.234 e. The maximum absolute atomic E-state index is 12.3. The van der Waals surface area contributed by atoms with Gasteiger partial charge in [-0.2, -0.15) is 0 Å². The van der Waals surface area contributed by atoms with Gasteiger partial charge in [0.25, 0.3) is 0 Å². The number of rotatable bonds is 5. The lowest BCUT2D eigenvalue weighted by molar-refractivity contribution is -0.123. The minimum absolute atomic E-state index is 0.0508. The van der Waals surface area contributed by atoms with Crippen LogP contribution in [0.1, 0.15) is 41.5 Å². The summed E-state index contributed by atoms with van der Waals surface area (Å²) < 4.78 is 0. The molecule has 4 heteroatoms. The number of benzene rings is 1. The van der Waals surface area contributed by atoms with Crippen molar-refractivity contribution < 1.29 is 4.79 Å². The Morgan fingerprint density at radius 2 is 2.09 bits per heavy atom. The fourth-order valence-corrected chi connectivity index (χ4v) is 3.95. The third-order valence-electron chi connectivity index (χ3n) is 4.52. The third-order valence-corrected chi connectivity index (χ3v) is 5.54. The van der Waals surface area contributed by atoms with Crippen LogP contribution >= 0.6 is 11.3 Å². The van der Waals surface area contributed by atoms with Gasteiger partial charge in [-0.1, -0.05) is 31.2 Å². The molecule has 3 rings (SSSR count). The number of nitrogens with zero attached hydrogens (tertiary/aromatic N) is 1. The number of carbonyl (C=O) groups is 1. The molecule has 1 atom stereocenters. The summed E-state index contributed by atoms with van der Waals surface area (Å²) in [4.78, 5) is 16.0. The van der Waals surface area contributed by atoms with Crippen LogP contribution in [0.2, 0.25) is 0 Å². The van der Waals surface area contributed by atoms with Gasteiger partial charge < -0.3 is 5.32 Å². The summed E-state index contributed by atoms with van der Waals surface area (Å²) in [6.07, 6.45) is 2.11. The average Bonchev–Trinajstić information content (AvgIpc) is 3.02. The van der Waals surface area contributed by atoms with Crippen molar-refractivity contribution in [1.82, 2.24) is 10.2 Å². The van der Waals surface area contributed by atoms with Gasteiger partial charge in [-0.15, -0.1) is 11.3 Å². The predicted molar refractivity (Wildman–Crippen MR) is 95.7 cm³/mol. The van der Waals surface area contributed by atoms with E-state index in [2.05, 4.69) is 52.9 Å². The molecule has 0 saturated carbocycles. The summed E-state index contributed by atoms with van der Waals surface area (Å²) >= 11 is 1.83. The Balaban J connectivity index is 1.52. The van der Waals surface area contributed by atoms with E-state index in [0.29, 0.717) is 6.54 Å². The second kappa shape index (κ2) is 7.28. The van der Waals surface area contributed by atoms with Crippen LogP contribution in [0.15, 0.2) is 35.7 Å². The largest absolute Gasteiger partial charge is 0.348 e. The van der Waals surface area contributed by atoms with Gasteiger partial charge in [0.2, 0.25) is 5.91 Å². The van der Waals surface area contributed by atoms with Crippen molar-refractivity contribution in [2.75, 3.05) is 13.1 Å². The zero-order chi connectivity index (χ0) is 16.2. The van der Waals surface area contributed by atoms with Gasteiger partial charge in [-0.25, -0.2) is 0 Å². The van der Waals surface area contributed by atoms with Crippen LogP contribution < -0.4 is 5.32 Å². The Bertz CT molecular complexity index is 662. The number of hydrogen-bond acceptors (Lipinski definition) is 3. The van der Waals surface area contributed by atoms with E-state index in [0.717, 1.165) is 31.5 Å².